The Morgan fingerprint density at radius 2 is 0.478 bits per heavy atom. The molecular formula is O15P6Rh2+6. The molecule has 0 heterocycles. The summed E-state index contributed by atoms with van der Waals surface area (Å²) in [5.74, 6) is 0. The van der Waals surface area contributed by atoms with Crippen LogP contribution in [0.15, 0.2) is 0 Å². The van der Waals surface area contributed by atoms with Crippen LogP contribution >= 0.6 is 49.5 Å². The van der Waals surface area contributed by atoms with E-state index in [2.05, 4.69) is 12.9 Å². The van der Waals surface area contributed by atoms with Crippen LogP contribution in [-0.4, -0.2) is 0 Å². The Morgan fingerprint density at radius 1 is 0.391 bits per heavy atom. The maximum absolute atomic E-state index is 9.24. The van der Waals surface area contributed by atoms with Gasteiger partial charge in [0.05, 0.1) is 0 Å². The van der Waals surface area contributed by atoms with E-state index in [-0.39, 0.29) is 39.0 Å². The monoisotopic (exact) mass is 632 g/mol. The van der Waals surface area contributed by atoms with Gasteiger partial charge in [0, 0.05) is 0 Å². The largest absolute Gasteiger partial charge is 3.00 e. The molecule has 0 aromatic heterocycles. The first-order valence-corrected chi connectivity index (χ1v) is 9.86. The molecule has 0 aliphatic rings. The zero-order valence-corrected chi connectivity index (χ0v) is 18.1. The van der Waals surface area contributed by atoms with Crippen molar-refractivity contribution in [2.75, 3.05) is 0 Å². The fourth-order valence-corrected chi connectivity index (χ4v) is 1.47. The predicted octanol–water partition coefficient (Wildman–Crippen LogP) is -2.89. The van der Waals surface area contributed by atoms with Gasteiger partial charge in [0.2, 0.25) is 0 Å². The molecule has 15 nitrogen and oxygen atoms in total. The zero-order chi connectivity index (χ0) is 17.6. The topological polar surface area (TPSA) is 268 Å². The minimum atomic E-state index is -3.24. The molecule has 0 aromatic rings. The van der Waals surface area contributed by atoms with Gasteiger partial charge in [-0.05, 0) is 27.4 Å². The quantitative estimate of drug-likeness (QED) is 0.210. The van der Waals surface area contributed by atoms with Crippen LogP contribution in [0.25, 0.3) is 0 Å². The van der Waals surface area contributed by atoms with Gasteiger partial charge in [0.15, 0.2) is 0 Å². The van der Waals surface area contributed by atoms with Crippen LogP contribution in [0.1, 0.15) is 0 Å². The summed E-state index contributed by atoms with van der Waals surface area (Å²) in [5.41, 5.74) is 0. The molecule has 0 amide bonds. The molecule has 0 saturated heterocycles. The molecule has 0 bridgehead atoms. The number of hydrogen-bond acceptors (Lipinski definition) is 15. The summed E-state index contributed by atoms with van der Waals surface area (Å²) in [4.78, 5) is 55.4. The van der Waals surface area contributed by atoms with Gasteiger partial charge in [-0.25, -0.2) is 0 Å². The number of hydrogen-bond donors (Lipinski definition) is 0. The summed E-state index contributed by atoms with van der Waals surface area (Å²) in [6.45, 7) is 0. The van der Waals surface area contributed by atoms with Crippen molar-refractivity contribution in [2.45, 2.75) is 0 Å². The van der Waals surface area contributed by atoms with Crippen molar-refractivity contribution >= 4 is 49.5 Å². The Kier molecular flexibility index (Phi) is 36.3. The van der Waals surface area contributed by atoms with Gasteiger partial charge in [0.1, 0.15) is 12.9 Å². The normalized spacial score (nSPS) is 12.3. The summed E-state index contributed by atoms with van der Waals surface area (Å²) in [5, 5.41) is 0. The summed E-state index contributed by atoms with van der Waals surface area (Å²) < 4.78 is 64.9. The Bertz CT molecular complexity index is 318. The van der Waals surface area contributed by atoms with Crippen molar-refractivity contribution < 1.29 is 109 Å². The second kappa shape index (κ2) is 23.5. The minimum Gasteiger partial charge on any atom is -0.563 e. The van der Waals surface area contributed by atoms with E-state index in [0.29, 0.717) is 0 Å². The van der Waals surface area contributed by atoms with E-state index in [0.717, 1.165) is 0 Å². The first-order chi connectivity index (χ1) is 9.38. The molecule has 0 aliphatic heterocycles. The first-order valence-electron chi connectivity index (χ1n) is 3.29. The van der Waals surface area contributed by atoms with E-state index < -0.39 is 49.5 Å². The van der Waals surface area contributed by atoms with Crippen molar-refractivity contribution in [3.05, 3.63) is 0 Å². The Hall–Kier alpha value is 1.49. The molecule has 0 fully saturated rings. The molecular weight excluding hydrogens is 632 g/mol. The van der Waals surface area contributed by atoms with E-state index in [1.165, 1.54) is 0 Å². The van der Waals surface area contributed by atoms with Crippen molar-refractivity contribution in [3.63, 3.8) is 0 Å². The molecule has 23 heavy (non-hydrogen) atoms. The Balaban J connectivity index is -0.0000000675. The predicted molar refractivity (Wildman–Crippen MR) is 48.9 cm³/mol. The van der Waals surface area contributed by atoms with E-state index in [4.69, 9.17) is 0 Å². The van der Waals surface area contributed by atoms with Crippen molar-refractivity contribution in [1.82, 2.24) is 0 Å². The molecule has 0 saturated carbocycles. The van der Waals surface area contributed by atoms with E-state index in [9.17, 15) is 56.8 Å². The molecule has 0 radical (unpaired) electrons. The third-order valence-electron chi connectivity index (χ3n) is 0.400. The van der Waals surface area contributed by atoms with Gasteiger partial charge < -0.3 is 29.4 Å². The molecule has 6 unspecified atom stereocenters. The van der Waals surface area contributed by atoms with E-state index >= 15 is 0 Å². The van der Waals surface area contributed by atoms with Gasteiger partial charge in [-0.3, -0.25) is 0 Å². The van der Waals surface area contributed by atoms with Crippen LogP contribution < -0.4 is 29.4 Å². The van der Waals surface area contributed by atoms with Crippen LogP contribution in [0.2, 0.25) is 0 Å². The molecule has 0 spiro atoms. The van der Waals surface area contributed by atoms with Crippen molar-refractivity contribution in [3.8, 4) is 0 Å². The van der Waals surface area contributed by atoms with Crippen LogP contribution in [0.3, 0.4) is 0 Å². The SMILES string of the molecule is O=[P+]([O-])O[P+](=O)[O-].O=[P+]([O-])O[P+](=O)[O-].O=[P+]([O-])O[P+](=O)[O-].[Rh+3].[Rh+3]. The second-order valence-electron chi connectivity index (χ2n) is 1.59. The van der Waals surface area contributed by atoms with Gasteiger partial charge in [-0.2, -0.15) is 0 Å². The molecule has 0 N–H and O–H groups in total. The smallest absolute Gasteiger partial charge is 0.563 e. The number of rotatable bonds is 6. The van der Waals surface area contributed by atoms with Crippen LogP contribution in [0, 0.1) is 0 Å². The fourth-order valence-electron chi connectivity index (χ4n) is 0.163. The maximum Gasteiger partial charge on any atom is 3.00 e. The van der Waals surface area contributed by atoms with Crippen molar-refractivity contribution in [2.24, 2.45) is 0 Å². The summed E-state index contributed by atoms with van der Waals surface area (Å²) >= 11 is 0. The van der Waals surface area contributed by atoms with Crippen LogP contribution in [-0.2, 0) is 79.3 Å². The first kappa shape index (κ1) is 35.6. The Labute approximate surface area is 158 Å². The molecule has 23 heteroatoms. The summed E-state index contributed by atoms with van der Waals surface area (Å²) in [6.07, 6.45) is 0. The average molecular weight is 632 g/mol. The summed E-state index contributed by atoms with van der Waals surface area (Å²) in [6, 6.07) is 0. The van der Waals surface area contributed by atoms with Gasteiger partial charge in [-0.15, -0.1) is 0 Å². The van der Waals surface area contributed by atoms with Gasteiger partial charge in [0.25, 0.3) is 0 Å². The minimum absolute atomic E-state index is 0. The van der Waals surface area contributed by atoms with E-state index in [1.807, 2.05) is 0 Å². The van der Waals surface area contributed by atoms with Crippen LogP contribution in [0.4, 0.5) is 0 Å². The average Bonchev–Trinajstić information content (AvgIpc) is 2.10. The van der Waals surface area contributed by atoms with Gasteiger partial charge >= 0.3 is 88.5 Å². The van der Waals surface area contributed by atoms with Crippen molar-refractivity contribution in [1.29, 1.82) is 0 Å². The third kappa shape index (κ3) is 59.6. The molecule has 132 valence electrons. The molecule has 0 rings (SSSR count). The molecule has 0 aliphatic carbocycles. The van der Waals surface area contributed by atoms with Crippen LogP contribution in [0.5, 0.6) is 0 Å². The Morgan fingerprint density at radius 3 is 0.478 bits per heavy atom. The maximum atomic E-state index is 9.24. The standard InChI is InChI=1S/3O5P2.2Rh/c3*1-6(2)5-7(3)4;;/q;;;2*+3. The molecule has 0 aromatic carbocycles. The van der Waals surface area contributed by atoms with E-state index in [1.54, 1.807) is 0 Å². The third-order valence-corrected chi connectivity index (χ3v) is 3.60. The second-order valence-corrected chi connectivity index (χ2v) is 6.23. The zero-order valence-electron chi connectivity index (χ0n) is 9.47. The fraction of sp³-hybridized carbons (Fsp3) is 0. The molecule has 6 atom stereocenters. The van der Waals surface area contributed by atoms with Gasteiger partial charge in [-0.1, -0.05) is 0 Å². The summed E-state index contributed by atoms with van der Waals surface area (Å²) in [7, 11) is -19.4.